The van der Waals surface area contributed by atoms with Gasteiger partial charge >= 0.3 is 0 Å². The van der Waals surface area contributed by atoms with Gasteiger partial charge in [0.25, 0.3) is 0 Å². The zero-order chi connectivity index (χ0) is 14.8. The van der Waals surface area contributed by atoms with E-state index in [1.54, 1.807) is 6.92 Å². The lowest BCUT2D eigenvalue weighted by molar-refractivity contribution is 0.193. The summed E-state index contributed by atoms with van der Waals surface area (Å²) < 4.78 is 10.8. The summed E-state index contributed by atoms with van der Waals surface area (Å²) in [6.45, 7) is 3.68. The molecule has 0 amide bonds. The average Bonchev–Trinajstić information content (AvgIpc) is 3.10. The number of aryl methyl sites for hydroxylation is 1. The predicted octanol–water partition coefficient (Wildman–Crippen LogP) is 0.891. The number of hydrogen-bond acceptors (Lipinski definition) is 8. The highest BCUT2D eigenvalue weighted by Gasteiger charge is 2.21. The summed E-state index contributed by atoms with van der Waals surface area (Å²) in [4.78, 5) is 10.5. The highest BCUT2D eigenvalue weighted by Crippen LogP contribution is 2.26. The Kier molecular flexibility index (Phi) is 3.70. The van der Waals surface area contributed by atoms with Crippen LogP contribution in [0.2, 0.25) is 0 Å². The fourth-order valence-corrected chi connectivity index (χ4v) is 2.33. The molecule has 2 aromatic heterocycles. The van der Waals surface area contributed by atoms with Crippen molar-refractivity contribution < 1.29 is 9.15 Å². The van der Waals surface area contributed by atoms with E-state index in [0.717, 1.165) is 24.5 Å². The molecule has 1 aliphatic heterocycles. The van der Waals surface area contributed by atoms with E-state index in [2.05, 4.69) is 20.2 Å². The van der Waals surface area contributed by atoms with Gasteiger partial charge in [0, 0.05) is 32.6 Å². The van der Waals surface area contributed by atoms with Gasteiger partial charge in [-0.05, 0) is 6.42 Å². The van der Waals surface area contributed by atoms with E-state index in [1.165, 1.54) is 0 Å². The highest BCUT2D eigenvalue weighted by atomic mass is 16.5. The van der Waals surface area contributed by atoms with Crippen LogP contribution >= 0.6 is 0 Å². The third-order valence-corrected chi connectivity index (χ3v) is 3.43. The van der Waals surface area contributed by atoms with Crippen LogP contribution < -0.4 is 10.6 Å². The van der Waals surface area contributed by atoms with Gasteiger partial charge in [0.05, 0.1) is 18.8 Å². The summed E-state index contributed by atoms with van der Waals surface area (Å²) in [6, 6.07) is 1.94. The molecular weight excluding hydrogens is 272 g/mol. The summed E-state index contributed by atoms with van der Waals surface area (Å²) in [6.07, 6.45) is 0.961. The Labute approximate surface area is 122 Å². The van der Waals surface area contributed by atoms with Gasteiger partial charge in [-0.2, -0.15) is 4.98 Å². The normalized spacial score (nSPS) is 18.1. The molecule has 2 aromatic rings. The Hall–Kier alpha value is -2.22. The van der Waals surface area contributed by atoms with Crippen molar-refractivity contribution in [2.24, 2.45) is 0 Å². The highest BCUT2D eigenvalue weighted by molar-refractivity contribution is 5.43. The number of nitrogen functional groups attached to an aromatic ring is 1. The molecule has 0 unspecified atom stereocenters. The molecule has 0 aliphatic carbocycles. The van der Waals surface area contributed by atoms with Gasteiger partial charge in [0.15, 0.2) is 0 Å². The minimum atomic E-state index is 0.267. The van der Waals surface area contributed by atoms with Crippen LogP contribution in [0.1, 0.15) is 29.8 Å². The summed E-state index contributed by atoms with van der Waals surface area (Å²) >= 11 is 0. The topological polar surface area (TPSA) is 103 Å². The molecule has 0 spiro atoms. The van der Waals surface area contributed by atoms with E-state index in [9.17, 15) is 0 Å². The van der Waals surface area contributed by atoms with E-state index in [0.29, 0.717) is 24.9 Å². The lowest BCUT2D eigenvalue weighted by Crippen LogP contribution is -2.20. The van der Waals surface area contributed by atoms with Crippen LogP contribution in [0.15, 0.2) is 10.5 Å². The van der Waals surface area contributed by atoms with Gasteiger partial charge in [-0.3, -0.25) is 0 Å². The summed E-state index contributed by atoms with van der Waals surface area (Å²) in [5.74, 6) is 2.37. The third kappa shape index (κ3) is 3.10. The molecule has 2 N–H and O–H groups in total. The molecule has 21 heavy (non-hydrogen) atoms. The monoisotopic (exact) mass is 290 g/mol. The summed E-state index contributed by atoms with van der Waals surface area (Å²) in [7, 11) is 1.90. The van der Waals surface area contributed by atoms with Gasteiger partial charge in [0.1, 0.15) is 5.82 Å². The van der Waals surface area contributed by atoms with Crippen LogP contribution in [0.25, 0.3) is 0 Å². The second-order valence-corrected chi connectivity index (χ2v) is 5.14. The first-order valence-corrected chi connectivity index (χ1v) is 6.84. The minimum absolute atomic E-state index is 0.267. The lowest BCUT2D eigenvalue weighted by Gasteiger charge is -2.18. The first-order chi connectivity index (χ1) is 10.1. The molecule has 1 fully saturated rings. The predicted molar refractivity (Wildman–Crippen MR) is 75.8 cm³/mol. The third-order valence-electron chi connectivity index (χ3n) is 3.43. The van der Waals surface area contributed by atoms with Crippen molar-refractivity contribution in [3.8, 4) is 0 Å². The molecule has 0 radical (unpaired) electrons. The van der Waals surface area contributed by atoms with Gasteiger partial charge in [-0.25, -0.2) is 4.98 Å². The summed E-state index contributed by atoms with van der Waals surface area (Å²) in [5, 5.41) is 7.79. The maximum absolute atomic E-state index is 5.82. The number of rotatable bonds is 4. The van der Waals surface area contributed by atoms with E-state index >= 15 is 0 Å². The standard InChI is InChI=1S/C13H18N6O2/c1-8-17-18-12(21-8)6-19(2)11-5-10(15-13(14)16-11)9-3-4-20-7-9/h5,9H,3-4,6-7H2,1-2H3,(H2,14,15,16)/t9-/m1/s1. The fraction of sp³-hybridized carbons (Fsp3) is 0.538. The molecule has 3 rings (SSSR count). The van der Waals surface area contributed by atoms with E-state index in [4.69, 9.17) is 14.9 Å². The van der Waals surface area contributed by atoms with Gasteiger partial charge in [-0.15, -0.1) is 10.2 Å². The van der Waals surface area contributed by atoms with Crippen LogP contribution in [0.3, 0.4) is 0 Å². The molecule has 3 heterocycles. The molecule has 8 nitrogen and oxygen atoms in total. The maximum atomic E-state index is 5.82. The van der Waals surface area contributed by atoms with Gasteiger partial charge < -0.3 is 19.8 Å². The molecule has 0 bridgehead atoms. The van der Waals surface area contributed by atoms with Crippen molar-refractivity contribution in [2.75, 3.05) is 30.9 Å². The van der Waals surface area contributed by atoms with Crippen molar-refractivity contribution in [2.45, 2.75) is 25.8 Å². The van der Waals surface area contributed by atoms with E-state index < -0.39 is 0 Å². The quantitative estimate of drug-likeness (QED) is 0.885. The Balaban J connectivity index is 1.80. The zero-order valence-electron chi connectivity index (χ0n) is 12.1. The SMILES string of the molecule is Cc1nnc(CN(C)c2cc([C@@H]3CCOC3)nc(N)n2)o1. The largest absolute Gasteiger partial charge is 0.424 e. The number of hydrogen-bond donors (Lipinski definition) is 1. The minimum Gasteiger partial charge on any atom is -0.424 e. The number of aromatic nitrogens is 4. The summed E-state index contributed by atoms with van der Waals surface area (Å²) in [5.41, 5.74) is 6.74. The van der Waals surface area contributed by atoms with Crippen molar-refractivity contribution >= 4 is 11.8 Å². The molecule has 0 saturated carbocycles. The van der Waals surface area contributed by atoms with Crippen LogP contribution in [-0.4, -0.2) is 40.4 Å². The lowest BCUT2D eigenvalue weighted by atomic mass is 10.0. The van der Waals surface area contributed by atoms with Crippen molar-refractivity contribution in [3.05, 3.63) is 23.5 Å². The Bertz CT molecular complexity index is 623. The van der Waals surface area contributed by atoms with Crippen LogP contribution in [0.5, 0.6) is 0 Å². The Morgan fingerprint density at radius 2 is 2.24 bits per heavy atom. The number of nitrogens with zero attached hydrogens (tertiary/aromatic N) is 5. The molecule has 112 valence electrons. The van der Waals surface area contributed by atoms with Crippen LogP contribution in [-0.2, 0) is 11.3 Å². The maximum Gasteiger partial charge on any atom is 0.235 e. The number of nitrogens with two attached hydrogens (primary N) is 1. The van der Waals surface area contributed by atoms with Crippen molar-refractivity contribution in [1.82, 2.24) is 20.2 Å². The van der Waals surface area contributed by atoms with Crippen molar-refractivity contribution in [1.29, 1.82) is 0 Å². The molecule has 1 aliphatic rings. The molecule has 1 saturated heterocycles. The first kappa shape index (κ1) is 13.7. The molecule has 0 aromatic carbocycles. The van der Waals surface area contributed by atoms with Crippen molar-refractivity contribution in [3.63, 3.8) is 0 Å². The first-order valence-electron chi connectivity index (χ1n) is 6.84. The second-order valence-electron chi connectivity index (χ2n) is 5.14. The van der Waals surface area contributed by atoms with Crippen LogP contribution in [0, 0.1) is 6.92 Å². The zero-order valence-corrected chi connectivity index (χ0v) is 12.1. The molecule has 8 heteroatoms. The Morgan fingerprint density at radius 3 is 2.90 bits per heavy atom. The molecular formula is C13H18N6O2. The smallest absolute Gasteiger partial charge is 0.235 e. The fourth-order valence-electron chi connectivity index (χ4n) is 2.33. The molecule has 1 atom stereocenters. The van der Waals surface area contributed by atoms with Gasteiger partial charge in [-0.1, -0.05) is 0 Å². The van der Waals surface area contributed by atoms with Crippen LogP contribution in [0.4, 0.5) is 11.8 Å². The van der Waals surface area contributed by atoms with E-state index in [-0.39, 0.29) is 11.9 Å². The average molecular weight is 290 g/mol. The van der Waals surface area contributed by atoms with Gasteiger partial charge in [0.2, 0.25) is 17.7 Å². The number of anilines is 2. The number of ether oxygens (including phenoxy) is 1. The Morgan fingerprint density at radius 1 is 1.38 bits per heavy atom. The second kappa shape index (κ2) is 5.65. The van der Waals surface area contributed by atoms with E-state index in [1.807, 2.05) is 18.0 Å².